The molecule has 0 aliphatic heterocycles. The van der Waals surface area contributed by atoms with E-state index in [1.807, 2.05) is 0 Å². The Balaban J connectivity index is 2.12. The van der Waals surface area contributed by atoms with Crippen molar-refractivity contribution in [2.45, 2.75) is 32.6 Å². The van der Waals surface area contributed by atoms with E-state index in [-0.39, 0.29) is 22.4 Å². The number of hydrogen-bond acceptors (Lipinski definition) is 2. The number of amides is 1. The molecule has 20 heavy (non-hydrogen) atoms. The van der Waals surface area contributed by atoms with Crippen LogP contribution in [0.3, 0.4) is 0 Å². The summed E-state index contributed by atoms with van der Waals surface area (Å²) in [5.41, 5.74) is 6.00. The lowest BCUT2D eigenvalue weighted by Crippen LogP contribution is -2.28. The van der Waals surface area contributed by atoms with Gasteiger partial charge in [0.1, 0.15) is 10.8 Å². The summed E-state index contributed by atoms with van der Waals surface area (Å²) in [5.74, 6) is 0.0987. The third kappa shape index (κ3) is 3.33. The fraction of sp³-hybridized carbons (Fsp3) is 0.467. The van der Waals surface area contributed by atoms with Crippen LogP contribution < -0.4 is 11.1 Å². The summed E-state index contributed by atoms with van der Waals surface area (Å²) in [7, 11) is 0. The molecule has 108 valence electrons. The Labute approximate surface area is 123 Å². The monoisotopic (exact) mass is 294 g/mol. The number of hydrogen-bond donors (Lipinski definition) is 2. The minimum atomic E-state index is -0.507. The van der Waals surface area contributed by atoms with Crippen LogP contribution in [0.15, 0.2) is 18.2 Å². The summed E-state index contributed by atoms with van der Waals surface area (Å²) < 4.78 is 13.7. The number of carbonyl (C=O) groups is 1. The number of anilines is 1. The fourth-order valence-electron chi connectivity index (χ4n) is 2.64. The second kappa shape index (κ2) is 6.31. The molecule has 1 saturated carbocycles. The van der Waals surface area contributed by atoms with Gasteiger partial charge in [-0.2, -0.15) is 0 Å². The van der Waals surface area contributed by atoms with Crippen LogP contribution in [0.25, 0.3) is 0 Å². The summed E-state index contributed by atoms with van der Waals surface area (Å²) in [4.78, 5) is 12.2. The molecule has 3 nitrogen and oxygen atoms in total. The molecule has 0 unspecified atom stereocenters. The average Bonchev–Trinajstić information content (AvgIpc) is 2.39. The molecule has 1 amide bonds. The Morgan fingerprint density at radius 3 is 2.60 bits per heavy atom. The Bertz CT molecular complexity index is 525. The molecule has 1 aliphatic carbocycles. The maximum absolute atomic E-state index is 13.7. The SMILES string of the molecule is CC1CCC(C(=O)Nc2cccc(F)c2C(N)=S)CC1. The lowest BCUT2D eigenvalue weighted by molar-refractivity contribution is -0.121. The van der Waals surface area contributed by atoms with E-state index in [9.17, 15) is 9.18 Å². The minimum Gasteiger partial charge on any atom is -0.389 e. The van der Waals surface area contributed by atoms with Gasteiger partial charge in [0, 0.05) is 5.92 Å². The van der Waals surface area contributed by atoms with Crippen molar-refractivity contribution in [1.82, 2.24) is 0 Å². The molecule has 0 aromatic heterocycles. The molecule has 0 radical (unpaired) electrons. The van der Waals surface area contributed by atoms with Crippen molar-refractivity contribution in [3.8, 4) is 0 Å². The number of nitrogens with one attached hydrogen (secondary N) is 1. The van der Waals surface area contributed by atoms with E-state index >= 15 is 0 Å². The fourth-order valence-corrected chi connectivity index (χ4v) is 2.84. The van der Waals surface area contributed by atoms with Crippen LogP contribution in [0.1, 0.15) is 38.2 Å². The number of thiocarbonyl (C=S) groups is 1. The van der Waals surface area contributed by atoms with E-state index in [1.54, 1.807) is 6.07 Å². The molecule has 1 aromatic carbocycles. The van der Waals surface area contributed by atoms with E-state index in [0.29, 0.717) is 11.6 Å². The van der Waals surface area contributed by atoms with Crippen molar-refractivity contribution >= 4 is 28.8 Å². The second-order valence-corrected chi connectivity index (χ2v) is 5.91. The molecule has 5 heteroatoms. The van der Waals surface area contributed by atoms with E-state index in [2.05, 4.69) is 12.2 Å². The van der Waals surface area contributed by atoms with Crippen molar-refractivity contribution in [1.29, 1.82) is 0 Å². The number of benzene rings is 1. The van der Waals surface area contributed by atoms with Gasteiger partial charge in [0.05, 0.1) is 11.3 Å². The zero-order valence-corrected chi connectivity index (χ0v) is 12.3. The van der Waals surface area contributed by atoms with E-state index in [4.69, 9.17) is 18.0 Å². The van der Waals surface area contributed by atoms with Gasteiger partial charge >= 0.3 is 0 Å². The molecule has 3 N–H and O–H groups in total. The standard InChI is InChI=1S/C15H19FN2OS/c1-9-5-7-10(8-6-9)15(19)18-12-4-2-3-11(16)13(12)14(17)20/h2-4,9-10H,5-8H2,1H3,(H2,17,20)(H,18,19). The van der Waals surface area contributed by atoms with Crippen LogP contribution in [0.2, 0.25) is 0 Å². The third-order valence-corrected chi connectivity index (χ3v) is 4.11. The van der Waals surface area contributed by atoms with E-state index in [1.165, 1.54) is 12.1 Å². The minimum absolute atomic E-state index is 0.00587. The van der Waals surface area contributed by atoms with Gasteiger partial charge in [-0.25, -0.2) is 4.39 Å². The van der Waals surface area contributed by atoms with Crippen molar-refractivity contribution in [2.24, 2.45) is 17.6 Å². The molecule has 1 fully saturated rings. The number of nitrogens with two attached hydrogens (primary N) is 1. The summed E-state index contributed by atoms with van der Waals surface area (Å²) >= 11 is 4.85. The number of halogens is 1. The van der Waals surface area contributed by atoms with Gasteiger partial charge in [-0.05, 0) is 43.7 Å². The first kappa shape index (κ1) is 14.9. The van der Waals surface area contributed by atoms with Crippen LogP contribution in [0.5, 0.6) is 0 Å². The van der Waals surface area contributed by atoms with Gasteiger partial charge in [-0.3, -0.25) is 4.79 Å². The zero-order valence-electron chi connectivity index (χ0n) is 11.5. The Kier molecular flexibility index (Phi) is 4.70. The van der Waals surface area contributed by atoms with Gasteiger partial charge < -0.3 is 11.1 Å². The molecule has 0 atom stereocenters. The first-order valence-electron chi connectivity index (χ1n) is 6.88. The van der Waals surface area contributed by atoms with Gasteiger partial charge in [-0.1, -0.05) is 25.2 Å². The summed E-state index contributed by atoms with van der Waals surface area (Å²) in [6.07, 6.45) is 3.88. The first-order chi connectivity index (χ1) is 9.49. The molecule has 0 spiro atoms. The zero-order chi connectivity index (χ0) is 14.7. The Morgan fingerprint density at radius 1 is 1.35 bits per heavy atom. The summed E-state index contributed by atoms with van der Waals surface area (Å²) in [6.45, 7) is 2.20. The predicted molar refractivity (Wildman–Crippen MR) is 82.0 cm³/mol. The van der Waals surface area contributed by atoms with Crippen molar-refractivity contribution in [3.05, 3.63) is 29.6 Å². The molecule has 2 rings (SSSR count). The van der Waals surface area contributed by atoms with Gasteiger partial charge in [-0.15, -0.1) is 0 Å². The predicted octanol–water partition coefficient (Wildman–Crippen LogP) is 3.22. The van der Waals surface area contributed by atoms with Crippen molar-refractivity contribution < 1.29 is 9.18 Å². The highest BCUT2D eigenvalue weighted by Crippen LogP contribution is 2.29. The maximum Gasteiger partial charge on any atom is 0.227 e. The Hall–Kier alpha value is -1.49. The van der Waals surface area contributed by atoms with Crippen molar-refractivity contribution in [2.75, 3.05) is 5.32 Å². The molecule has 1 aromatic rings. The lowest BCUT2D eigenvalue weighted by atomic mass is 9.82. The first-order valence-corrected chi connectivity index (χ1v) is 7.29. The molecule has 0 bridgehead atoms. The summed E-state index contributed by atoms with van der Waals surface area (Å²) in [5, 5.41) is 2.77. The average molecular weight is 294 g/mol. The molecular weight excluding hydrogens is 275 g/mol. The maximum atomic E-state index is 13.7. The Morgan fingerprint density at radius 2 is 2.00 bits per heavy atom. The van der Waals surface area contributed by atoms with E-state index in [0.717, 1.165) is 25.7 Å². The summed E-state index contributed by atoms with van der Waals surface area (Å²) in [6, 6.07) is 4.45. The van der Waals surface area contributed by atoms with Gasteiger partial charge in [0.25, 0.3) is 0 Å². The van der Waals surface area contributed by atoms with Crippen LogP contribution in [0, 0.1) is 17.7 Å². The van der Waals surface area contributed by atoms with Crippen LogP contribution in [0.4, 0.5) is 10.1 Å². The largest absolute Gasteiger partial charge is 0.389 e. The van der Waals surface area contributed by atoms with Gasteiger partial charge in [0.2, 0.25) is 5.91 Å². The highest BCUT2D eigenvalue weighted by atomic mass is 32.1. The second-order valence-electron chi connectivity index (χ2n) is 5.47. The van der Waals surface area contributed by atoms with Crippen LogP contribution >= 0.6 is 12.2 Å². The molecule has 0 saturated heterocycles. The smallest absolute Gasteiger partial charge is 0.227 e. The van der Waals surface area contributed by atoms with Crippen molar-refractivity contribution in [3.63, 3.8) is 0 Å². The van der Waals surface area contributed by atoms with Crippen LogP contribution in [-0.4, -0.2) is 10.9 Å². The normalized spacial score (nSPS) is 22.3. The lowest BCUT2D eigenvalue weighted by Gasteiger charge is -2.25. The highest BCUT2D eigenvalue weighted by Gasteiger charge is 2.25. The van der Waals surface area contributed by atoms with E-state index < -0.39 is 5.82 Å². The molecular formula is C15H19FN2OS. The van der Waals surface area contributed by atoms with Gasteiger partial charge in [0.15, 0.2) is 0 Å². The highest BCUT2D eigenvalue weighted by molar-refractivity contribution is 7.80. The third-order valence-electron chi connectivity index (χ3n) is 3.90. The quantitative estimate of drug-likeness (QED) is 0.842. The number of rotatable bonds is 3. The number of carbonyl (C=O) groups excluding carboxylic acids is 1. The topological polar surface area (TPSA) is 55.1 Å². The molecule has 1 aliphatic rings. The van der Waals surface area contributed by atoms with Crippen LogP contribution in [-0.2, 0) is 4.79 Å². The molecule has 0 heterocycles.